The Morgan fingerprint density at radius 1 is 1.06 bits per heavy atom. The van der Waals surface area contributed by atoms with Gasteiger partial charge in [0.1, 0.15) is 17.4 Å². The molecule has 0 aliphatic heterocycles. The molecule has 3 rings (SSSR count). The number of nitrogens with one attached hydrogen (secondary N) is 2. The highest BCUT2D eigenvalue weighted by Crippen LogP contribution is 2.27. The maximum atomic E-state index is 12.6. The first-order chi connectivity index (χ1) is 17.2. The van der Waals surface area contributed by atoms with Crippen molar-refractivity contribution in [3.05, 3.63) is 96.4 Å². The molecule has 12 heteroatoms. The van der Waals surface area contributed by atoms with E-state index in [1.54, 1.807) is 36.4 Å². The predicted octanol–water partition coefficient (Wildman–Crippen LogP) is 6.23. The minimum Gasteiger partial charge on any atom is -0.483 e. The zero-order chi connectivity index (χ0) is 26.2. The van der Waals surface area contributed by atoms with Crippen molar-refractivity contribution in [2.75, 3.05) is 17.2 Å². The lowest BCUT2D eigenvalue weighted by Crippen LogP contribution is -2.20. The van der Waals surface area contributed by atoms with Crippen LogP contribution in [0.15, 0.2) is 70.7 Å². The van der Waals surface area contributed by atoms with Gasteiger partial charge in [-0.3, -0.25) is 19.7 Å². The molecule has 0 unspecified atom stereocenters. The van der Waals surface area contributed by atoms with Crippen LogP contribution in [0.4, 0.5) is 17.1 Å². The molecule has 0 radical (unpaired) electrons. The minimum atomic E-state index is -0.777. The van der Waals surface area contributed by atoms with Crippen LogP contribution in [-0.2, 0) is 9.59 Å². The van der Waals surface area contributed by atoms with Gasteiger partial charge in [-0.25, -0.2) is 0 Å². The molecule has 9 nitrogen and oxygen atoms in total. The van der Waals surface area contributed by atoms with Crippen LogP contribution in [0, 0.1) is 21.4 Å². The molecule has 0 saturated carbocycles. The number of nitro groups is 1. The third kappa shape index (κ3) is 7.29. The number of ether oxygens (including phenoxy) is 1. The Bertz CT molecular complexity index is 1420. The van der Waals surface area contributed by atoms with Gasteiger partial charge in [0, 0.05) is 33.5 Å². The number of anilines is 2. The summed E-state index contributed by atoms with van der Waals surface area (Å²) >= 11 is 15.1. The van der Waals surface area contributed by atoms with E-state index in [0.29, 0.717) is 20.7 Å². The summed E-state index contributed by atoms with van der Waals surface area (Å²) in [5.74, 6) is -1.02. The van der Waals surface area contributed by atoms with Gasteiger partial charge in [-0.15, -0.1) is 0 Å². The van der Waals surface area contributed by atoms with E-state index in [1.807, 2.05) is 0 Å². The molecule has 0 heterocycles. The molecule has 0 aliphatic carbocycles. The summed E-state index contributed by atoms with van der Waals surface area (Å²) in [7, 11) is 0. The number of nitriles is 1. The van der Waals surface area contributed by atoms with E-state index in [4.69, 9.17) is 27.9 Å². The van der Waals surface area contributed by atoms with Crippen LogP contribution in [0.5, 0.6) is 5.75 Å². The fraction of sp³-hybridized carbons (Fsp3) is 0.0417. The fourth-order valence-corrected chi connectivity index (χ4v) is 3.55. The van der Waals surface area contributed by atoms with E-state index < -0.39 is 16.7 Å². The SMILES string of the molecule is N#C/C(=C/c1cc(Br)ccc1OCC(=O)Nc1ccc(Cl)c(Cl)c1)C(=O)Nc1cccc([N+](=O)[O-])c1. The van der Waals surface area contributed by atoms with Crippen molar-refractivity contribution in [3.8, 4) is 11.8 Å². The summed E-state index contributed by atoms with van der Waals surface area (Å²) in [6, 6.07) is 16.6. The number of benzene rings is 3. The number of rotatable bonds is 8. The number of non-ortho nitro benzene ring substituents is 1. The van der Waals surface area contributed by atoms with Crippen LogP contribution >= 0.6 is 39.1 Å². The van der Waals surface area contributed by atoms with Crippen LogP contribution in [0.2, 0.25) is 10.0 Å². The maximum Gasteiger partial charge on any atom is 0.271 e. The van der Waals surface area contributed by atoms with Gasteiger partial charge in [0.2, 0.25) is 0 Å². The van der Waals surface area contributed by atoms with Crippen LogP contribution in [0.1, 0.15) is 5.56 Å². The average molecular weight is 590 g/mol. The van der Waals surface area contributed by atoms with Crippen molar-refractivity contribution in [1.82, 2.24) is 0 Å². The lowest BCUT2D eigenvalue weighted by atomic mass is 10.1. The number of amides is 2. The minimum absolute atomic E-state index is 0.153. The molecule has 3 aromatic rings. The van der Waals surface area contributed by atoms with E-state index in [0.717, 1.165) is 0 Å². The first-order valence-corrected chi connectivity index (χ1v) is 11.6. The molecule has 2 N–H and O–H groups in total. The molecule has 0 aliphatic rings. The summed E-state index contributed by atoms with van der Waals surface area (Å²) in [4.78, 5) is 35.3. The third-order valence-electron chi connectivity index (χ3n) is 4.51. The monoisotopic (exact) mass is 588 g/mol. The molecule has 0 atom stereocenters. The number of nitrogens with zero attached hydrogens (tertiary/aromatic N) is 2. The van der Waals surface area contributed by atoms with Gasteiger partial charge in [0.25, 0.3) is 17.5 Å². The van der Waals surface area contributed by atoms with Crippen molar-refractivity contribution >= 4 is 74.1 Å². The van der Waals surface area contributed by atoms with E-state index in [1.165, 1.54) is 36.4 Å². The highest BCUT2D eigenvalue weighted by molar-refractivity contribution is 9.10. The first kappa shape index (κ1) is 26.7. The average Bonchev–Trinajstić information content (AvgIpc) is 2.84. The second kappa shape index (κ2) is 12.2. The lowest BCUT2D eigenvalue weighted by Gasteiger charge is -2.11. The smallest absolute Gasteiger partial charge is 0.271 e. The van der Waals surface area contributed by atoms with Crippen molar-refractivity contribution in [3.63, 3.8) is 0 Å². The van der Waals surface area contributed by atoms with Crippen molar-refractivity contribution in [2.24, 2.45) is 0 Å². The highest BCUT2D eigenvalue weighted by atomic mass is 79.9. The zero-order valence-corrected chi connectivity index (χ0v) is 21.2. The molecule has 0 spiro atoms. The molecule has 0 fully saturated rings. The van der Waals surface area contributed by atoms with Crippen molar-refractivity contribution in [2.45, 2.75) is 0 Å². The maximum absolute atomic E-state index is 12.6. The molecular formula is C24H15BrCl2N4O5. The van der Waals surface area contributed by atoms with Crippen LogP contribution in [0.25, 0.3) is 6.08 Å². The Labute approximate surface area is 223 Å². The zero-order valence-electron chi connectivity index (χ0n) is 18.1. The van der Waals surface area contributed by atoms with Gasteiger partial charge in [0.15, 0.2) is 6.61 Å². The van der Waals surface area contributed by atoms with E-state index in [2.05, 4.69) is 26.6 Å². The Balaban J connectivity index is 1.75. The second-order valence-corrected chi connectivity index (χ2v) is 8.81. The van der Waals surface area contributed by atoms with Gasteiger partial charge in [-0.05, 0) is 48.5 Å². The fourth-order valence-electron chi connectivity index (χ4n) is 2.88. The van der Waals surface area contributed by atoms with Crippen molar-refractivity contribution in [1.29, 1.82) is 5.26 Å². The van der Waals surface area contributed by atoms with Crippen LogP contribution in [0.3, 0.4) is 0 Å². The number of carbonyl (C=O) groups is 2. The molecule has 3 aromatic carbocycles. The Hall–Kier alpha value is -3.91. The largest absolute Gasteiger partial charge is 0.483 e. The predicted molar refractivity (Wildman–Crippen MR) is 140 cm³/mol. The van der Waals surface area contributed by atoms with E-state index in [-0.39, 0.29) is 34.3 Å². The van der Waals surface area contributed by atoms with Crippen molar-refractivity contribution < 1.29 is 19.2 Å². The summed E-state index contributed by atoms with van der Waals surface area (Å²) < 4.78 is 6.25. The molecule has 2 amide bonds. The van der Waals surface area contributed by atoms with E-state index in [9.17, 15) is 25.0 Å². The lowest BCUT2D eigenvalue weighted by molar-refractivity contribution is -0.384. The molecular weight excluding hydrogens is 575 g/mol. The van der Waals surface area contributed by atoms with Gasteiger partial charge in [-0.1, -0.05) is 45.2 Å². The standard InChI is InChI=1S/C24H15BrCl2N4O5/c25-16-4-7-22(36-13-23(32)29-18-5-6-20(26)21(27)11-18)14(9-16)8-15(12-28)24(33)30-17-2-1-3-19(10-17)31(34)35/h1-11H,13H2,(H,29,32)(H,30,33)/b15-8-. The Morgan fingerprint density at radius 2 is 1.81 bits per heavy atom. The summed E-state index contributed by atoms with van der Waals surface area (Å²) in [6.45, 7) is -0.371. The number of nitro benzene ring substituents is 1. The number of halogens is 3. The Kier molecular flexibility index (Phi) is 9.02. The Morgan fingerprint density at radius 3 is 2.50 bits per heavy atom. The molecule has 0 bridgehead atoms. The number of carbonyl (C=O) groups excluding carboxylic acids is 2. The molecule has 36 heavy (non-hydrogen) atoms. The second-order valence-electron chi connectivity index (χ2n) is 7.08. The quantitative estimate of drug-likeness (QED) is 0.138. The molecule has 182 valence electrons. The highest BCUT2D eigenvalue weighted by Gasteiger charge is 2.15. The normalized spacial score (nSPS) is 10.8. The van der Waals surface area contributed by atoms with Crippen LogP contribution in [-0.4, -0.2) is 23.3 Å². The summed E-state index contributed by atoms with van der Waals surface area (Å²) in [5, 5.41) is 26.2. The number of hydrogen-bond donors (Lipinski definition) is 2. The first-order valence-electron chi connectivity index (χ1n) is 10.0. The van der Waals surface area contributed by atoms with Gasteiger partial charge >= 0.3 is 0 Å². The van der Waals surface area contributed by atoms with Gasteiger partial charge < -0.3 is 15.4 Å². The molecule has 0 aromatic heterocycles. The number of hydrogen-bond acceptors (Lipinski definition) is 6. The summed E-state index contributed by atoms with van der Waals surface area (Å²) in [5.41, 5.74) is 0.429. The van der Waals surface area contributed by atoms with Crippen LogP contribution < -0.4 is 15.4 Å². The van der Waals surface area contributed by atoms with Gasteiger partial charge in [0.05, 0.1) is 15.0 Å². The van der Waals surface area contributed by atoms with Gasteiger partial charge in [-0.2, -0.15) is 5.26 Å². The molecule has 0 saturated heterocycles. The topological polar surface area (TPSA) is 134 Å². The van der Waals surface area contributed by atoms with E-state index >= 15 is 0 Å². The summed E-state index contributed by atoms with van der Waals surface area (Å²) in [6.07, 6.45) is 1.28. The third-order valence-corrected chi connectivity index (χ3v) is 5.75.